The van der Waals surface area contributed by atoms with Crippen LogP contribution in [0.4, 0.5) is 0 Å². The van der Waals surface area contributed by atoms with Crippen LogP contribution in [-0.4, -0.2) is 93.4 Å². The Morgan fingerprint density at radius 2 is 1.61 bits per heavy atom. The molecule has 1 fully saturated rings. The summed E-state index contributed by atoms with van der Waals surface area (Å²) in [6.07, 6.45) is 4.52. The molecule has 0 spiro atoms. The summed E-state index contributed by atoms with van der Waals surface area (Å²) in [4.78, 5) is 20.8. The molecule has 0 unspecified atom stereocenters. The first-order valence-corrected chi connectivity index (χ1v) is 16.0. The van der Waals surface area contributed by atoms with Crippen molar-refractivity contribution in [2.75, 3.05) is 54.0 Å². The molecule has 0 bridgehead atoms. The van der Waals surface area contributed by atoms with Gasteiger partial charge in [0, 0.05) is 58.1 Å². The van der Waals surface area contributed by atoms with Crippen LogP contribution in [0.25, 0.3) is 5.57 Å². The summed E-state index contributed by atoms with van der Waals surface area (Å²) in [5.41, 5.74) is 4.16. The minimum Gasteiger partial charge on any atom is -0.493 e. The summed E-state index contributed by atoms with van der Waals surface area (Å²) < 4.78 is 40.3. The van der Waals surface area contributed by atoms with Gasteiger partial charge in [-0.25, -0.2) is 8.42 Å². The average molecular weight is 583 g/mol. The summed E-state index contributed by atoms with van der Waals surface area (Å²) in [5.74, 6) is 1.10. The number of carbonyl (C=O) groups is 1. The number of piperazine rings is 1. The highest BCUT2D eigenvalue weighted by atomic mass is 32.2. The number of benzene rings is 2. The molecule has 0 saturated carbocycles. The molecule has 3 heterocycles. The van der Waals surface area contributed by atoms with Gasteiger partial charge in [0.15, 0.2) is 11.5 Å². The van der Waals surface area contributed by atoms with E-state index < -0.39 is 10.0 Å². The zero-order chi connectivity index (χ0) is 29.3. The van der Waals surface area contributed by atoms with Crippen LogP contribution < -0.4 is 9.47 Å². The molecule has 3 aliphatic rings. The van der Waals surface area contributed by atoms with E-state index in [1.165, 1.54) is 0 Å². The van der Waals surface area contributed by atoms with Crippen LogP contribution in [-0.2, 0) is 34.3 Å². The molecule has 10 heteroatoms. The van der Waals surface area contributed by atoms with Gasteiger partial charge in [-0.2, -0.15) is 4.31 Å². The average Bonchev–Trinajstić information content (AvgIpc) is 2.99. The predicted molar refractivity (Wildman–Crippen MR) is 159 cm³/mol. The molecule has 0 N–H and O–H groups in total. The summed E-state index contributed by atoms with van der Waals surface area (Å²) in [7, 11) is 1.54. The second-order valence-corrected chi connectivity index (χ2v) is 13.0. The number of amides is 1. The van der Waals surface area contributed by atoms with Crippen LogP contribution in [0.2, 0.25) is 0 Å². The molecule has 3 aliphatic heterocycles. The van der Waals surface area contributed by atoms with Gasteiger partial charge in [0.2, 0.25) is 10.0 Å². The van der Waals surface area contributed by atoms with E-state index in [-0.39, 0.29) is 12.5 Å². The van der Waals surface area contributed by atoms with Crippen molar-refractivity contribution >= 4 is 21.5 Å². The van der Waals surface area contributed by atoms with E-state index in [9.17, 15) is 13.2 Å². The largest absolute Gasteiger partial charge is 0.493 e. The first kappa shape index (κ1) is 29.4. The summed E-state index contributed by atoms with van der Waals surface area (Å²) >= 11 is 0. The van der Waals surface area contributed by atoms with E-state index in [0.717, 1.165) is 35.1 Å². The van der Waals surface area contributed by atoms with Crippen LogP contribution in [0.3, 0.4) is 0 Å². The highest BCUT2D eigenvalue weighted by molar-refractivity contribution is 7.89. The van der Waals surface area contributed by atoms with Gasteiger partial charge in [0.05, 0.1) is 24.7 Å². The quantitative estimate of drug-likeness (QED) is 0.471. The number of ether oxygens (including phenoxy) is 2. The molecule has 222 valence electrons. The number of likely N-dealkylation sites (N-methyl/N-ethyl adjacent to an activating group) is 1. The van der Waals surface area contributed by atoms with Crippen LogP contribution in [0, 0.1) is 0 Å². The van der Waals surface area contributed by atoms with Crippen molar-refractivity contribution in [3.63, 3.8) is 0 Å². The lowest BCUT2D eigenvalue weighted by Crippen LogP contribution is -2.47. The van der Waals surface area contributed by atoms with Gasteiger partial charge in [-0.15, -0.1) is 0 Å². The van der Waals surface area contributed by atoms with E-state index in [1.54, 1.807) is 29.5 Å². The second-order valence-electron chi connectivity index (χ2n) is 11.1. The highest BCUT2D eigenvalue weighted by Gasteiger charge is 2.35. The fourth-order valence-electron chi connectivity index (χ4n) is 6.25. The number of sulfonamides is 1. The summed E-state index contributed by atoms with van der Waals surface area (Å²) in [5, 5.41) is 0. The number of hydrogen-bond acceptors (Lipinski definition) is 7. The van der Waals surface area contributed by atoms with Gasteiger partial charge in [0.1, 0.15) is 0 Å². The van der Waals surface area contributed by atoms with E-state index in [2.05, 4.69) is 23.6 Å². The maximum atomic E-state index is 14.3. The third-order valence-electron chi connectivity index (χ3n) is 8.79. The predicted octanol–water partition coefficient (Wildman–Crippen LogP) is 3.57. The maximum Gasteiger partial charge on any atom is 0.256 e. The number of fused-ring (bicyclic) bond motifs is 2. The standard InChI is InChI=1S/C31H42N4O5S/c1-6-24(7-2)34-19-23-17-28(39-4)29(40-5)18-25(23)27(21-34)31(36)33-12-11-22-9-8-10-30(26(22)20-33)41(37,38)35-15-13-32(3)14-16-35/h8-10,17-18,21,24H,6-7,11-16,19-20H2,1-5H3. The van der Waals surface area contributed by atoms with E-state index in [4.69, 9.17) is 9.47 Å². The molecule has 0 radical (unpaired) electrons. The summed E-state index contributed by atoms with van der Waals surface area (Å²) in [6, 6.07) is 9.66. The third kappa shape index (κ3) is 5.57. The van der Waals surface area contributed by atoms with Crippen molar-refractivity contribution in [1.82, 2.24) is 19.0 Å². The molecule has 41 heavy (non-hydrogen) atoms. The number of carbonyl (C=O) groups excluding carboxylic acids is 1. The first-order chi connectivity index (χ1) is 19.7. The molecule has 9 nitrogen and oxygen atoms in total. The molecular weight excluding hydrogens is 540 g/mol. The number of rotatable bonds is 8. The van der Waals surface area contributed by atoms with Crippen molar-refractivity contribution in [1.29, 1.82) is 0 Å². The lowest BCUT2D eigenvalue weighted by atomic mass is 9.92. The Hall–Kier alpha value is -3.08. The number of methoxy groups -OCH3 is 2. The molecule has 0 aliphatic carbocycles. The van der Waals surface area contributed by atoms with E-state index in [0.29, 0.717) is 73.7 Å². The Bertz CT molecular complexity index is 1430. The number of nitrogens with zero attached hydrogens (tertiary/aromatic N) is 4. The Morgan fingerprint density at radius 1 is 0.927 bits per heavy atom. The van der Waals surface area contributed by atoms with Gasteiger partial charge in [-0.3, -0.25) is 4.79 Å². The zero-order valence-electron chi connectivity index (χ0n) is 24.9. The summed E-state index contributed by atoms with van der Waals surface area (Å²) in [6.45, 7) is 8.11. The Balaban J connectivity index is 1.50. The minimum absolute atomic E-state index is 0.105. The molecule has 2 aromatic carbocycles. The molecule has 0 atom stereocenters. The van der Waals surface area contributed by atoms with Crippen molar-refractivity contribution < 1.29 is 22.7 Å². The Labute approximate surface area is 244 Å². The lowest BCUT2D eigenvalue weighted by molar-refractivity contribution is -0.126. The zero-order valence-corrected chi connectivity index (χ0v) is 25.7. The molecule has 1 saturated heterocycles. The van der Waals surface area contributed by atoms with E-state index >= 15 is 0 Å². The molecule has 5 rings (SSSR count). The van der Waals surface area contributed by atoms with E-state index in [1.807, 2.05) is 37.5 Å². The fraction of sp³-hybridized carbons (Fsp3) is 0.516. The van der Waals surface area contributed by atoms with Crippen LogP contribution in [0.15, 0.2) is 41.4 Å². The first-order valence-electron chi connectivity index (χ1n) is 14.5. The van der Waals surface area contributed by atoms with Gasteiger partial charge < -0.3 is 24.2 Å². The van der Waals surface area contributed by atoms with Gasteiger partial charge in [0.25, 0.3) is 5.91 Å². The fourth-order valence-corrected chi connectivity index (χ4v) is 7.93. The van der Waals surface area contributed by atoms with Crippen LogP contribution >= 0.6 is 0 Å². The van der Waals surface area contributed by atoms with Gasteiger partial charge in [-0.1, -0.05) is 26.0 Å². The monoisotopic (exact) mass is 582 g/mol. The van der Waals surface area contributed by atoms with Crippen molar-refractivity contribution in [2.45, 2.75) is 57.1 Å². The topological polar surface area (TPSA) is 82.6 Å². The highest BCUT2D eigenvalue weighted by Crippen LogP contribution is 2.39. The number of hydrogen-bond donors (Lipinski definition) is 0. The van der Waals surface area contributed by atoms with Crippen molar-refractivity contribution in [3.8, 4) is 11.5 Å². The smallest absolute Gasteiger partial charge is 0.256 e. The third-order valence-corrected chi connectivity index (χ3v) is 10.8. The Kier molecular flexibility index (Phi) is 8.63. The van der Waals surface area contributed by atoms with Gasteiger partial charge in [-0.05, 0) is 66.8 Å². The second kappa shape index (κ2) is 12.0. The molecule has 1 amide bonds. The minimum atomic E-state index is -3.68. The van der Waals surface area contributed by atoms with Crippen molar-refractivity contribution in [2.24, 2.45) is 0 Å². The SMILES string of the molecule is CCC(CC)N1C=C(C(=O)N2CCc3cccc(S(=O)(=O)N4CCN(C)CC4)c3C2)c2cc(OC)c(OC)cc2C1. The van der Waals surface area contributed by atoms with Crippen LogP contribution in [0.5, 0.6) is 11.5 Å². The molecule has 2 aromatic rings. The van der Waals surface area contributed by atoms with Crippen LogP contribution in [0.1, 0.15) is 48.9 Å². The lowest BCUT2D eigenvalue weighted by Gasteiger charge is -2.37. The maximum absolute atomic E-state index is 14.3. The van der Waals surface area contributed by atoms with Gasteiger partial charge >= 0.3 is 0 Å². The molecule has 0 aromatic heterocycles. The van der Waals surface area contributed by atoms with Crippen molar-refractivity contribution in [3.05, 3.63) is 58.8 Å². The molecular formula is C31H42N4O5S. The Morgan fingerprint density at radius 3 is 2.27 bits per heavy atom. The normalized spacial score (nSPS) is 18.1.